The smallest absolute Gasteiger partial charge is 0.139 e. The molecule has 5 heteroatoms. The molecule has 224 valence electrons. The molecule has 2 aromatic rings. The van der Waals surface area contributed by atoms with Crippen LogP contribution < -0.4 is 20.2 Å². The number of carbonyl (C=O) groups is 1. The van der Waals surface area contributed by atoms with E-state index in [0.29, 0.717) is 6.42 Å². The largest absolute Gasteiger partial charge is 0.482 e. The maximum atomic E-state index is 11.0. The van der Waals surface area contributed by atoms with Gasteiger partial charge in [-0.15, -0.1) is 0 Å². The van der Waals surface area contributed by atoms with Crippen LogP contribution in [0.2, 0.25) is 0 Å². The SMILES string of the molecule is CC(=O)Cc1ccc(OC2C=CC=CC=C2)cc1.CCC1CCC(C)CC1.Cc1nc(N(C)C)c2c(n1)=CC=CCC=2. The monoisotopic (exact) mass is 567 g/mol. The van der Waals surface area contributed by atoms with E-state index in [1.807, 2.05) is 98.8 Å². The molecular formula is C37H49N3O2. The van der Waals surface area contributed by atoms with E-state index >= 15 is 0 Å². The van der Waals surface area contributed by atoms with Crippen LogP contribution in [-0.2, 0) is 11.2 Å². The summed E-state index contributed by atoms with van der Waals surface area (Å²) in [6.07, 6.45) is 29.0. The summed E-state index contributed by atoms with van der Waals surface area (Å²) in [6, 6.07) is 7.66. The van der Waals surface area contributed by atoms with Crippen molar-refractivity contribution in [1.82, 2.24) is 9.97 Å². The van der Waals surface area contributed by atoms with E-state index < -0.39 is 0 Å². The first-order valence-corrected chi connectivity index (χ1v) is 15.4. The molecule has 0 spiro atoms. The van der Waals surface area contributed by atoms with E-state index in [2.05, 4.69) is 36.0 Å². The van der Waals surface area contributed by atoms with Crippen LogP contribution in [0, 0.1) is 18.8 Å². The van der Waals surface area contributed by atoms with Gasteiger partial charge in [0, 0.05) is 25.7 Å². The average molecular weight is 568 g/mol. The number of benzene rings is 1. The van der Waals surface area contributed by atoms with Crippen LogP contribution in [-0.4, -0.2) is 36.0 Å². The van der Waals surface area contributed by atoms with Gasteiger partial charge in [-0.05, 0) is 68.0 Å². The molecule has 0 radical (unpaired) electrons. The van der Waals surface area contributed by atoms with Gasteiger partial charge in [0.05, 0.1) is 5.35 Å². The van der Waals surface area contributed by atoms with E-state index in [0.717, 1.165) is 51.8 Å². The van der Waals surface area contributed by atoms with E-state index in [1.165, 1.54) is 32.1 Å². The number of nitrogens with zero attached hydrogens (tertiary/aromatic N) is 3. The van der Waals surface area contributed by atoms with Crippen LogP contribution in [0.1, 0.15) is 70.7 Å². The zero-order valence-electron chi connectivity index (χ0n) is 26.4. The van der Waals surface area contributed by atoms with Crippen LogP contribution in [0.3, 0.4) is 0 Å². The molecule has 0 saturated heterocycles. The molecule has 1 aromatic carbocycles. The molecule has 0 N–H and O–H groups in total. The van der Waals surface area contributed by atoms with Crippen molar-refractivity contribution in [3.8, 4) is 5.75 Å². The Hall–Kier alpha value is -3.73. The second-order valence-corrected chi connectivity index (χ2v) is 11.6. The van der Waals surface area contributed by atoms with Gasteiger partial charge in [-0.3, -0.25) is 4.79 Å². The Labute approximate surface area is 253 Å². The van der Waals surface area contributed by atoms with Gasteiger partial charge in [-0.1, -0.05) is 101 Å². The number of carbonyl (C=O) groups excluding carboxylic acids is 1. The van der Waals surface area contributed by atoms with E-state index in [9.17, 15) is 4.79 Å². The minimum atomic E-state index is -0.0429. The minimum absolute atomic E-state index is 0.0429. The predicted octanol–water partition coefficient (Wildman–Crippen LogP) is 6.84. The Bertz CT molecular complexity index is 1360. The maximum absolute atomic E-state index is 11.0. The summed E-state index contributed by atoms with van der Waals surface area (Å²) in [6.45, 7) is 8.22. The highest BCUT2D eigenvalue weighted by Gasteiger charge is 2.15. The summed E-state index contributed by atoms with van der Waals surface area (Å²) in [5.41, 5.74) is 1.02. The van der Waals surface area contributed by atoms with Crippen molar-refractivity contribution in [3.05, 3.63) is 94.8 Å². The highest BCUT2D eigenvalue weighted by Crippen LogP contribution is 2.29. The number of ether oxygens (including phenoxy) is 1. The lowest BCUT2D eigenvalue weighted by Crippen LogP contribution is -2.35. The molecule has 0 amide bonds. The molecule has 1 saturated carbocycles. The Morgan fingerprint density at radius 1 is 0.952 bits per heavy atom. The summed E-state index contributed by atoms with van der Waals surface area (Å²) >= 11 is 0. The lowest BCUT2D eigenvalue weighted by atomic mass is 9.82. The summed E-state index contributed by atoms with van der Waals surface area (Å²) in [7, 11) is 4.02. The molecule has 5 rings (SSSR count). The van der Waals surface area contributed by atoms with Gasteiger partial charge in [-0.2, -0.15) is 0 Å². The number of rotatable bonds is 6. The number of Topliss-reactive ketones (excluding diaryl/α,β-unsaturated/α-hetero) is 1. The molecule has 3 aliphatic rings. The number of aryl methyl sites for hydroxylation is 1. The Balaban J connectivity index is 0.000000182. The van der Waals surface area contributed by atoms with Crippen LogP contribution in [0.5, 0.6) is 5.75 Å². The maximum Gasteiger partial charge on any atom is 0.139 e. The number of anilines is 1. The van der Waals surface area contributed by atoms with Gasteiger partial charge in [-0.25, -0.2) is 9.97 Å². The van der Waals surface area contributed by atoms with E-state index in [4.69, 9.17) is 4.74 Å². The third-order valence-electron chi connectivity index (χ3n) is 7.63. The van der Waals surface area contributed by atoms with Crippen molar-refractivity contribution in [2.24, 2.45) is 11.8 Å². The standard InChI is InChI=1S/C16H16O2.C12H15N3.C9H18/c1-13(17)12-14-8-10-16(11-9-14)18-15-6-4-2-3-5-7-15;1-9-13-11-8-6-4-5-7-10(11)12(14-9)15(2)3;1-3-9-6-4-8(2)5-7-9/h2-11,15H,12H2,1H3;4,6-8H,5H2,1-3H3;8-9H,3-7H2,1-2H3. The van der Waals surface area contributed by atoms with Crippen LogP contribution in [0.15, 0.2) is 72.9 Å². The first kappa shape index (κ1) is 32.8. The Morgan fingerprint density at radius 2 is 1.62 bits per heavy atom. The quantitative estimate of drug-likeness (QED) is 0.382. The number of fused-ring (bicyclic) bond motifs is 1. The zero-order valence-corrected chi connectivity index (χ0v) is 26.4. The van der Waals surface area contributed by atoms with Crippen LogP contribution in [0.4, 0.5) is 5.82 Å². The lowest BCUT2D eigenvalue weighted by molar-refractivity contribution is -0.116. The lowest BCUT2D eigenvalue weighted by Gasteiger charge is -2.24. The van der Waals surface area contributed by atoms with Gasteiger partial charge in [0.2, 0.25) is 0 Å². The number of ketones is 1. The molecule has 0 bridgehead atoms. The third-order valence-corrected chi connectivity index (χ3v) is 7.63. The molecule has 1 heterocycles. The normalized spacial score (nSPS) is 18.9. The topological polar surface area (TPSA) is 55.3 Å². The molecule has 1 fully saturated rings. The average Bonchev–Trinajstić information content (AvgIpc) is 3.37. The van der Waals surface area contributed by atoms with Crippen molar-refractivity contribution in [2.45, 2.75) is 78.7 Å². The molecule has 1 aromatic heterocycles. The predicted molar refractivity (Wildman–Crippen MR) is 177 cm³/mol. The highest BCUT2D eigenvalue weighted by molar-refractivity contribution is 5.78. The number of hydrogen-bond acceptors (Lipinski definition) is 5. The number of hydrogen-bond donors (Lipinski definition) is 0. The fourth-order valence-electron chi connectivity index (χ4n) is 5.16. The van der Waals surface area contributed by atoms with Crippen molar-refractivity contribution < 1.29 is 9.53 Å². The second kappa shape index (κ2) is 17.3. The molecular weight excluding hydrogens is 518 g/mol. The number of allylic oxidation sites excluding steroid dienone is 6. The molecule has 42 heavy (non-hydrogen) atoms. The first-order valence-electron chi connectivity index (χ1n) is 15.4. The van der Waals surface area contributed by atoms with Gasteiger partial charge < -0.3 is 9.64 Å². The highest BCUT2D eigenvalue weighted by atomic mass is 16.5. The first-order chi connectivity index (χ1) is 20.2. The van der Waals surface area contributed by atoms with E-state index in [-0.39, 0.29) is 11.9 Å². The van der Waals surface area contributed by atoms with Crippen molar-refractivity contribution in [2.75, 3.05) is 19.0 Å². The Morgan fingerprint density at radius 3 is 2.21 bits per heavy atom. The second-order valence-electron chi connectivity index (χ2n) is 11.6. The number of aromatic nitrogens is 2. The van der Waals surface area contributed by atoms with Crippen molar-refractivity contribution >= 4 is 23.8 Å². The van der Waals surface area contributed by atoms with Crippen LogP contribution in [0.25, 0.3) is 12.2 Å². The minimum Gasteiger partial charge on any atom is -0.482 e. The van der Waals surface area contributed by atoms with E-state index in [1.54, 1.807) is 6.92 Å². The fraction of sp³-hybridized carbons (Fsp3) is 0.432. The van der Waals surface area contributed by atoms with Gasteiger partial charge in [0.25, 0.3) is 0 Å². The fourth-order valence-corrected chi connectivity index (χ4v) is 5.16. The molecule has 3 aliphatic carbocycles. The third kappa shape index (κ3) is 11.3. The van der Waals surface area contributed by atoms with Crippen LogP contribution >= 0.6 is 0 Å². The molecule has 0 aliphatic heterocycles. The van der Waals surface area contributed by atoms with Gasteiger partial charge >= 0.3 is 0 Å². The summed E-state index contributed by atoms with van der Waals surface area (Å²) < 4.78 is 5.80. The molecule has 5 nitrogen and oxygen atoms in total. The van der Waals surface area contributed by atoms with Crippen molar-refractivity contribution in [1.29, 1.82) is 0 Å². The van der Waals surface area contributed by atoms with Crippen molar-refractivity contribution in [3.63, 3.8) is 0 Å². The van der Waals surface area contributed by atoms with Gasteiger partial charge in [0.1, 0.15) is 29.3 Å². The summed E-state index contributed by atoms with van der Waals surface area (Å²) in [5.74, 6) is 4.89. The zero-order chi connectivity index (χ0) is 30.3. The Kier molecular flexibility index (Phi) is 13.5. The summed E-state index contributed by atoms with van der Waals surface area (Å²) in [4.78, 5) is 21.9. The molecule has 0 atom stereocenters. The van der Waals surface area contributed by atoms with Gasteiger partial charge in [0.15, 0.2) is 0 Å². The molecule has 0 unspecified atom stereocenters. The summed E-state index contributed by atoms with van der Waals surface area (Å²) in [5, 5.41) is 2.15.